The van der Waals surface area contributed by atoms with Crippen LogP contribution in [-0.2, 0) is 21.2 Å². The average molecular weight is 512 g/mol. The Bertz CT molecular complexity index is 1280. The molecule has 0 fully saturated rings. The van der Waals surface area contributed by atoms with Gasteiger partial charge in [-0.25, -0.2) is 13.4 Å². The van der Waals surface area contributed by atoms with Crippen molar-refractivity contribution in [2.75, 3.05) is 16.6 Å². The van der Waals surface area contributed by atoms with Crippen molar-refractivity contribution in [2.24, 2.45) is 5.92 Å². The van der Waals surface area contributed by atoms with Crippen molar-refractivity contribution >= 4 is 61.3 Å². The third kappa shape index (κ3) is 5.17. The maximum Gasteiger partial charge on any atom is 0.263 e. The van der Waals surface area contributed by atoms with Gasteiger partial charge in [0.05, 0.1) is 16.5 Å². The lowest BCUT2D eigenvalue weighted by Crippen LogP contribution is -2.31. The highest BCUT2D eigenvalue weighted by Crippen LogP contribution is 2.32. The van der Waals surface area contributed by atoms with Gasteiger partial charge in [-0.15, -0.1) is 11.3 Å². The van der Waals surface area contributed by atoms with E-state index in [2.05, 4.69) is 15.0 Å². The molecule has 4 rings (SSSR count). The number of carbonyl (C=O) groups excluding carboxylic acids is 1. The summed E-state index contributed by atoms with van der Waals surface area (Å²) in [5.74, 6) is 0.000888. The summed E-state index contributed by atoms with van der Waals surface area (Å²) in [6.07, 6.45) is 2.45. The van der Waals surface area contributed by atoms with Gasteiger partial charge in [0.1, 0.15) is 5.75 Å². The van der Waals surface area contributed by atoms with Gasteiger partial charge in [-0.3, -0.25) is 9.52 Å². The number of thiazole rings is 1. The molecule has 7 nitrogen and oxygen atoms in total. The number of ether oxygens (including phenoxy) is 1. The summed E-state index contributed by atoms with van der Waals surface area (Å²) in [6, 6.07) is 9.60. The molecule has 32 heavy (non-hydrogen) atoms. The van der Waals surface area contributed by atoms with Crippen molar-refractivity contribution in [1.82, 2.24) is 4.98 Å². The van der Waals surface area contributed by atoms with Crippen molar-refractivity contribution in [2.45, 2.75) is 24.7 Å². The molecule has 0 bridgehead atoms. The van der Waals surface area contributed by atoms with Crippen molar-refractivity contribution < 1.29 is 17.9 Å². The van der Waals surface area contributed by atoms with Gasteiger partial charge in [0.2, 0.25) is 5.91 Å². The number of nitrogens with one attached hydrogen (secondary N) is 2. The van der Waals surface area contributed by atoms with Crippen molar-refractivity contribution in [3.63, 3.8) is 0 Å². The minimum atomic E-state index is -3.79. The van der Waals surface area contributed by atoms with E-state index in [1.165, 1.54) is 17.4 Å². The number of aromatic nitrogens is 1. The van der Waals surface area contributed by atoms with Crippen LogP contribution in [0.4, 0.5) is 10.8 Å². The van der Waals surface area contributed by atoms with E-state index in [0.717, 1.165) is 10.4 Å². The molecule has 1 aliphatic heterocycles. The Hall–Kier alpha value is -2.33. The number of anilines is 2. The van der Waals surface area contributed by atoms with Crippen LogP contribution >= 0.6 is 34.5 Å². The number of hydrogen-bond acceptors (Lipinski definition) is 6. The molecule has 0 spiro atoms. The van der Waals surface area contributed by atoms with Gasteiger partial charge < -0.3 is 10.1 Å². The summed E-state index contributed by atoms with van der Waals surface area (Å²) >= 11 is 13.3. The number of carbonyl (C=O) groups is 1. The molecule has 1 atom stereocenters. The predicted molar refractivity (Wildman–Crippen MR) is 126 cm³/mol. The number of hydrogen-bond donors (Lipinski definition) is 2. The molecule has 0 saturated carbocycles. The van der Waals surface area contributed by atoms with Gasteiger partial charge in [-0.2, -0.15) is 0 Å². The van der Waals surface area contributed by atoms with Gasteiger partial charge in [-0.1, -0.05) is 23.2 Å². The minimum Gasteiger partial charge on any atom is -0.492 e. The summed E-state index contributed by atoms with van der Waals surface area (Å²) in [4.78, 5) is 17.6. The summed E-state index contributed by atoms with van der Waals surface area (Å²) in [6.45, 7) is 2.12. The van der Waals surface area contributed by atoms with E-state index in [1.54, 1.807) is 36.5 Å². The van der Waals surface area contributed by atoms with Crippen LogP contribution in [0.25, 0.3) is 0 Å². The van der Waals surface area contributed by atoms with Crippen LogP contribution in [-0.4, -0.2) is 25.9 Å². The Kier molecular flexibility index (Phi) is 6.62. The molecular formula is C21H19Cl2N3O4S2. The number of benzene rings is 2. The molecule has 0 saturated heterocycles. The molecule has 0 radical (unpaired) electrons. The van der Waals surface area contributed by atoms with Gasteiger partial charge in [0, 0.05) is 27.7 Å². The molecule has 168 valence electrons. The van der Waals surface area contributed by atoms with Crippen LogP contribution in [0.1, 0.15) is 16.9 Å². The largest absolute Gasteiger partial charge is 0.492 e. The lowest BCUT2D eigenvalue weighted by atomic mass is 9.91. The Balaban J connectivity index is 1.44. The van der Waals surface area contributed by atoms with Gasteiger partial charge in [0.15, 0.2) is 5.13 Å². The Labute approximate surface area is 199 Å². The Morgan fingerprint density at radius 1 is 1.25 bits per heavy atom. The van der Waals surface area contributed by atoms with E-state index in [0.29, 0.717) is 39.5 Å². The molecule has 2 aromatic carbocycles. The maximum absolute atomic E-state index is 12.8. The normalized spacial score (nSPS) is 15.7. The van der Waals surface area contributed by atoms with E-state index in [1.807, 2.05) is 6.92 Å². The fourth-order valence-corrected chi connectivity index (χ4v) is 5.75. The average Bonchev–Trinajstić information content (AvgIpc) is 3.13. The van der Waals surface area contributed by atoms with E-state index in [9.17, 15) is 13.2 Å². The zero-order chi connectivity index (χ0) is 22.9. The van der Waals surface area contributed by atoms with Crippen LogP contribution in [0.5, 0.6) is 5.75 Å². The van der Waals surface area contributed by atoms with Gasteiger partial charge in [0.25, 0.3) is 10.0 Å². The van der Waals surface area contributed by atoms with Gasteiger partial charge in [-0.05, 0) is 61.7 Å². The quantitative estimate of drug-likeness (QED) is 0.457. The first-order valence-electron chi connectivity index (χ1n) is 9.68. The number of aryl methyl sites for hydroxylation is 1. The number of rotatable bonds is 7. The minimum absolute atomic E-state index is 0.114. The van der Waals surface area contributed by atoms with Crippen LogP contribution in [0.15, 0.2) is 47.5 Å². The summed E-state index contributed by atoms with van der Waals surface area (Å²) < 4.78 is 33.7. The van der Waals surface area contributed by atoms with E-state index < -0.39 is 10.0 Å². The van der Waals surface area contributed by atoms with Crippen molar-refractivity contribution in [1.29, 1.82) is 0 Å². The first-order valence-corrected chi connectivity index (χ1v) is 12.7. The topological polar surface area (TPSA) is 97.4 Å². The second-order valence-electron chi connectivity index (χ2n) is 7.30. The van der Waals surface area contributed by atoms with Crippen LogP contribution in [0.3, 0.4) is 0 Å². The molecule has 1 amide bonds. The first-order chi connectivity index (χ1) is 15.2. The van der Waals surface area contributed by atoms with Gasteiger partial charge >= 0.3 is 0 Å². The lowest BCUT2D eigenvalue weighted by Gasteiger charge is -2.25. The SMILES string of the molecule is Cc1cnc(NS(=O)(=O)c2ccc3c(c2)CC(CCOc2ccc(Cl)cc2Cl)C(=O)N3)s1. The molecule has 2 N–H and O–H groups in total. The Morgan fingerprint density at radius 2 is 2.06 bits per heavy atom. The molecule has 2 heterocycles. The van der Waals surface area contributed by atoms with Crippen LogP contribution < -0.4 is 14.8 Å². The third-order valence-corrected chi connectivity index (χ3v) is 7.77. The second-order valence-corrected chi connectivity index (χ2v) is 11.1. The highest BCUT2D eigenvalue weighted by Gasteiger charge is 2.28. The first kappa shape index (κ1) is 22.8. The number of fused-ring (bicyclic) bond motifs is 1. The molecular weight excluding hydrogens is 493 g/mol. The summed E-state index contributed by atoms with van der Waals surface area (Å²) in [7, 11) is -3.79. The van der Waals surface area contributed by atoms with E-state index in [4.69, 9.17) is 27.9 Å². The zero-order valence-electron chi connectivity index (χ0n) is 16.9. The molecule has 1 unspecified atom stereocenters. The predicted octanol–water partition coefficient (Wildman–Crippen LogP) is 5.14. The zero-order valence-corrected chi connectivity index (χ0v) is 20.0. The summed E-state index contributed by atoms with van der Waals surface area (Å²) in [5, 5.41) is 4.06. The number of halogens is 2. The number of sulfonamides is 1. The standard InChI is InChI=1S/C21H19Cl2N3O4S2/c1-12-11-24-21(31-12)26-32(28,29)16-3-4-18-14(9-16)8-13(20(27)25-18)6-7-30-19-5-2-15(22)10-17(19)23/h2-5,9-11,13H,6-8H2,1H3,(H,24,26)(H,25,27). The number of nitrogens with zero attached hydrogens (tertiary/aromatic N) is 1. The fraction of sp³-hybridized carbons (Fsp3) is 0.238. The molecule has 3 aromatic rings. The third-order valence-electron chi connectivity index (χ3n) is 4.94. The molecule has 0 aliphatic carbocycles. The molecule has 1 aromatic heterocycles. The second kappa shape index (κ2) is 9.27. The highest BCUT2D eigenvalue weighted by molar-refractivity contribution is 7.93. The molecule has 11 heteroatoms. The smallest absolute Gasteiger partial charge is 0.263 e. The van der Waals surface area contributed by atoms with E-state index >= 15 is 0 Å². The fourth-order valence-electron chi connectivity index (χ4n) is 3.33. The van der Waals surface area contributed by atoms with Crippen molar-refractivity contribution in [3.05, 3.63) is 63.1 Å². The summed E-state index contributed by atoms with van der Waals surface area (Å²) in [5.41, 5.74) is 1.36. The monoisotopic (exact) mass is 511 g/mol. The highest BCUT2D eigenvalue weighted by atomic mass is 35.5. The lowest BCUT2D eigenvalue weighted by molar-refractivity contribution is -0.120. The van der Waals surface area contributed by atoms with Crippen LogP contribution in [0, 0.1) is 12.8 Å². The Morgan fingerprint density at radius 3 is 2.78 bits per heavy atom. The van der Waals surface area contributed by atoms with Crippen LogP contribution in [0.2, 0.25) is 10.0 Å². The van der Waals surface area contributed by atoms with E-state index in [-0.39, 0.29) is 23.3 Å². The maximum atomic E-state index is 12.8. The number of amides is 1. The van der Waals surface area contributed by atoms with Crippen molar-refractivity contribution in [3.8, 4) is 5.75 Å². The molecule has 1 aliphatic rings.